The van der Waals surface area contributed by atoms with Gasteiger partial charge in [-0.3, -0.25) is 4.79 Å². The topological polar surface area (TPSA) is 116 Å². The fourth-order valence-corrected chi connectivity index (χ4v) is 2.87. The predicted octanol–water partition coefficient (Wildman–Crippen LogP) is 2.43. The van der Waals surface area contributed by atoms with E-state index in [-0.39, 0.29) is 16.1 Å². The Morgan fingerprint density at radius 1 is 1.22 bits per heavy atom. The molecule has 2 rings (SSSR count). The molecular formula is C17H14BrFN2O5S. The number of sulfonamides is 1. The van der Waals surface area contributed by atoms with Crippen molar-refractivity contribution >= 4 is 49.6 Å². The van der Waals surface area contributed by atoms with Crippen molar-refractivity contribution in [1.82, 2.24) is 0 Å². The van der Waals surface area contributed by atoms with Crippen molar-refractivity contribution in [3.8, 4) is 0 Å². The van der Waals surface area contributed by atoms with Crippen LogP contribution in [0.5, 0.6) is 0 Å². The van der Waals surface area contributed by atoms with Gasteiger partial charge in [-0.1, -0.05) is 22.0 Å². The maximum Gasteiger partial charge on any atom is 0.331 e. The normalized spacial score (nSPS) is 11.4. The van der Waals surface area contributed by atoms with Crippen molar-refractivity contribution in [2.75, 3.05) is 11.9 Å². The van der Waals surface area contributed by atoms with Crippen LogP contribution in [0.4, 0.5) is 10.1 Å². The lowest BCUT2D eigenvalue weighted by molar-refractivity contribution is -0.142. The number of ether oxygens (including phenoxy) is 1. The molecule has 0 saturated heterocycles. The van der Waals surface area contributed by atoms with Crippen molar-refractivity contribution in [1.29, 1.82) is 0 Å². The molecule has 0 aromatic heterocycles. The molecule has 0 unspecified atom stereocenters. The van der Waals surface area contributed by atoms with Crippen LogP contribution < -0.4 is 10.5 Å². The van der Waals surface area contributed by atoms with Gasteiger partial charge in [0, 0.05) is 21.8 Å². The van der Waals surface area contributed by atoms with E-state index in [1.165, 1.54) is 48.5 Å². The van der Waals surface area contributed by atoms with E-state index in [1.807, 2.05) is 0 Å². The summed E-state index contributed by atoms with van der Waals surface area (Å²) >= 11 is 3.19. The lowest BCUT2D eigenvalue weighted by Gasteiger charge is -2.06. The Bertz CT molecular complexity index is 1010. The number of benzene rings is 2. The molecule has 1 amide bonds. The Morgan fingerprint density at radius 2 is 1.96 bits per heavy atom. The third kappa shape index (κ3) is 6.59. The Morgan fingerprint density at radius 3 is 2.67 bits per heavy atom. The van der Waals surface area contributed by atoms with Gasteiger partial charge in [-0.05, 0) is 42.5 Å². The molecule has 7 nitrogen and oxygen atoms in total. The second-order valence-corrected chi connectivity index (χ2v) is 7.70. The first-order valence-electron chi connectivity index (χ1n) is 7.38. The van der Waals surface area contributed by atoms with Gasteiger partial charge in [-0.25, -0.2) is 22.7 Å². The molecule has 0 aliphatic rings. The van der Waals surface area contributed by atoms with E-state index in [0.717, 1.165) is 6.08 Å². The van der Waals surface area contributed by atoms with Crippen LogP contribution in [-0.4, -0.2) is 26.9 Å². The lowest BCUT2D eigenvalue weighted by atomic mass is 10.2. The molecule has 0 fully saturated rings. The minimum atomic E-state index is -3.91. The zero-order chi connectivity index (χ0) is 20.0. The average Bonchev–Trinajstić information content (AvgIpc) is 2.60. The van der Waals surface area contributed by atoms with Crippen molar-refractivity contribution in [2.24, 2.45) is 5.14 Å². The second kappa shape index (κ2) is 8.89. The molecule has 0 heterocycles. The van der Waals surface area contributed by atoms with E-state index in [2.05, 4.69) is 21.2 Å². The summed E-state index contributed by atoms with van der Waals surface area (Å²) in [6.45, 7) is -0.607. The van der Waals surface area contributed by atoms with Gasteiger partial charge in [-0.2, -0.15) is 0 Å². The monoisotopic (exact) mass is 456 g/mol. The van der Waals surface area contributed by atoms with Gasteiger partial charge < -0.3 is 10.1 Å². The van der Waals surface area contributed by atoms with Gasteiger partial charge in [0.25, 0.3) is 5.91 Å². The highest BCUT2D eigenvalue weighted by Crippen LogP contribution is 2.17. The molecule has 27 heavy (non-hydrogen) atoms. The molecular weight excluding hydrogens is 443 g/mol. The highest BCUT2D eigenvalue weighted by Gasteiger charge is 2.10. The summed E-state index contributed by atoms with van der Waals surface area (Å²) in [5, 5.41) is 7.38. The van der Waals surface area contributed by atoms with E-state index in [9.17, 15) is 22.4 Å². The fourth-order valence-electron chi connectivity index (χ4n) is 1.93. The van der Waals surface area contributed by atoms with Gasteiger partial charge in [0.2, 0.25) is 10.0 Å². The number of hydrogen-bond donors (Lipinski definition) is 2. The van der Waals surface area contributed by atoms with Crippen molar-refractivity contribution in [3.63, 3.8) is 0 Å². The molecule has 0 bridgehead atoms. The van der Waals surface area contributed by atoms with Crippen LogP contribution in [0.3, 0.4) is 0 Å². The summed E-state index contributed by atoms with van der Waals surface area (Å²) in [6, 6.07) is 9.52. The number of carbonyl (C=O) groups is 2. The molecule has 0 atom stereocenters. The van der Waals surface area contributed by atoms with Gasteiger partial charge in [0.15, 0.2) is 6.61 Å². The van der Waals surface area contributed by atoms with Crippen LogP contribution in [0.1, 0.15) is 5.56 Å². The molecule has 3 N–H and O–H groups in total. The largest absolute Gasteiger partial charge is 0.452 e. The van der Waals surface area contributed by atoms with Crippen LogP contribution in [0.15, 0.2) is 57.9 Å². The highest BCUT2D eigenvalue weighted by atomic mass is 79.9. The van der Waals surface area contributed by atoms with E-state index in [0.29, 0.717) is 4.47 Å². The van der Waals surface area contributed by atoms with Crippen LogP contribution >= 0.6 is 15.9 Å². The minimum absolute atomic E-state index is 0.170. The lowest BCUT2D eigenvalue weighted by Crippen LogP contribution is -2.20. The number of hydrogen-bond acceptors (Lipinski definition) is 5. The number of esters is 1. The molecule has 0 aliphatic carbocycles. The van der Waals surface area contributed by atoms with Crippen LogP contribution in [-0.2, 0) is 24.3 Å². The molecule has 0 radical (unpaired) electrons. The number of anilines is 1. The summed E-state index contributed by atoms with van der Waals surface area (Å²) in [5.41, 5.74) is 0.347. The van der Waals surface area contributed by atoms with E-state index in [1.54, 1.807) is 0 Å². The van der Waals surface area contributed by atoms with E-state index >= 15 is 0 Å². The summed E-state index contributed by atoms with van der Waals surface area (Å²) < 4.78 is 41.5. The van der Waals surface area contributed by atoms with Crippen molar-refractivity contribution < 1.29 is 27.1 Å². The Kier molecular flexibility index (Phi) is 6.83. The first kappa shape index (κ1) is 20.7. The molecule has 2 aromatic rings. The summed E-state index contributed by atoms with van der Waals surface area (Å²) in [4.78, 5) is 23.3. The van der Waals surface area contributed by atoms with Gasteiger partial charge >= 0.3 is 5.97 Å². The van der Waals surface area contributed by atoms with Crippen molar-refractivity contribution in [2.45, 2.75) is 4.90 Å². The van der Waals surface area contributed by atoms with Crippen molar-refractivity contribution in [3.05, 3.63) is 64.4 Å². The maximum absolute atomic E-state index is 13.6. The maximum atomic E-state index is 13.6. The third-order valence-corrected chi connectivity index (χ3v) is 4.55. The van der Waals surface area contributed by atoms with Crippen LogP contribution in [0.25, 0.3) is 6.08 Å². The first-order chi connectivity index (χ1) is 12.6. The molecule has 0 spiro atoms. The zero-order valence-corrected chi connectivity index (χ0v) is 16.1. The van der Waals surface area contributed by atoms with Crippen LogP contribution in [0.2, 0.25) is 0 Å². The molecule has 10 heteroatoms. The summed E-state index contributed by atoms with van der Waals surface area (Å²) in [5.74, 6) is -2.05. The van der Waals surface area contributed by atoms with Crippen LogP contribution in [0, 0.1) is 5.82 Å². The number of halogens is 2. The zero-order valence-electron chi connectivity index (χ0n) is 13.7. The number of amides is 1. The highest BCUT2D eigenvalue weighted by molar-refractivity contribution is 9.10. The molecule has 2 aromatic carbocycles. The third-order valence-electron chi connectivity index (χ3n) is 3.15. The molecule has 0 aliphatic heterocycles. The summed E-state index contributed by atoms with van der Waals surface area (Å²) in [7, 11) is -3.91. The SMILES string of the molecule is NS(=O)(=O)c1cccc(NC(=O)COC(=O)/C=C/c2cc(Br)ccc2F)c1. The standard InChI is InChI=1S/C17H14BrFN2O5S/c18-12-5-6-15(19)11(8-12)4-7-17(23)26-10-16(22)21-13-2-1-3-14(9-13)27(20,24)25/h1-9H,10H2,(H,21,22)(H2,20,24,25)/b7-4+. The van der Waals surface area contributed by atoms with Gasteiger partial charge in [0.1, 0.15) is 5.82 Å². The molecule has 142 valence electrons. The number of carbonyl (C=O) groups excluding carboxylic acids is 2. The van der Waals surface area contributed by atoms with E-state index < -0.39 is 34.3 Å². The average molecular weight is 457 g/mol. The van der Waals surface area contributed by atoms with Gasteiger partial charge in [0.05, 0.1) is 4.90 Å². The Hall–Kier alpha value is -2.56. The Labute approximate surface area is 163 Å². The number of nitrogens with two attached hydrogens (primary N) is 1. The smallest absolute Gasteiger partial charge is 0.331 e. The summed E-state index contributed by atoms with van der Waals surface area (Å²) in [6.07, 6.45) is 2.20. The molecule has 0 saturated carbocycles. The van der Waals surface area contributed by atoms with E-state index in [4.69, 9.17) is 9.88 Å². The second-order valence-electron chi connectivity index (χ2n) is 5.23. The quantitative estimate of drug-likeness (QED) is 0.511. The number of primary sulfonamides is 1. The fraction of sp³-hybridized carbons (Fsp3) is 0.0588. The minimum Gasteiger partial charge on any atom is -0.452 e. The first-order valence-corrected chi connectivity index (χ1v) is 9.72. The number of rotatable bonds is 6. The number of nitrogens with one attached hydrogen (secondary N) is 1. The Balaban J connectivity index is 1.91. The van der Waals surface area contributed by atoms with Gasteiger partial charge in [-0.15, -0.1) is 0 Å². The predicted molar refractivity (Wildman–Crippen MR) is 101 cm³/mol.